The van der Waals surface area contributed by atoms with Crippen LogP contribution in [0.5, 0.6) is 0 Å². The molecule has 2 atom stereocenters. The van der Waals surface area contributed by atoms with Gasteiger partial charge in [0.15, 0.2) is 11.7 Å². The number of rotatable bonds is 6. The van der Waals surface area contributed by atoms with Gasteiger partial charge in [0.25, 0.3) is 0 Å². The van der Waals surface area contributed by atoms with Crippen LogP contribution in [0.15, 0.2) is 71.4 Å². The molecule has 3 aromatic rings. The fourth-order valence-electron chi connectivity index (χ4n) is 3.70. The summed E-state index contributed by atoms with van der Waals surface area (Å²) in [5.74, 6) is -2.84. The molecule has 2 heterocycles. The maximum Gasteiger partial charge on any atom is 0.244 e. The van der Waals surface area contributed by atoms with Crippen LogP contribution in [0.25, 0.3) is 11.1 Å². The van der Waals surface area contributed by atoms with Crippen LogP contribution in [0.2, 0.25) is 0 Å². The molecule has 30 heavy (non-hydrogen) atoms. The summed E-state index contributed by atoms with van der Waals surface area (Å²) >= 11 is 1.62. The Morgan fingerprint density at radius 3 is 2.43 bits per heavy atom. The summed E-state index contributed by atoms with van der Waals surface area (Å²) in [6.07, 6.45) is 1.09. The fourth-order valence-corrected chi connectivity index (χ4v) is 4.36. The van der Waals surface area contributed by atoms with Crippen LogP contribution < -0.4 is 10.6 Å². The molecule has 2 aromatic carbocycles. The molecule has 1 aliphatic heterocycles. The van der Waals surface area contributed by atoms with Crippen molar-refractivity contribution in [3.63, 3.8) is 0 Å². The first-order chi connectivity index (χ1) is 14.5. The largest absolute Gasteiger partial charge is 0.343 e. The molecule has 4 rings (SSSR count). The lowest BCUT2D eigenvalue weighted by Gasteiger charge is -2.22. The molecular formula is C24H22N2O3S. The van der Waals surface area contributed by atoms with E-state index in [2.05, 4.69) is 10.6 Å². The Labute approximate surface area is 179 Å². The molecule has 0 saturated carbocycles. The van der Waals surface area contributed by atoms with E-state index in [4.69, 9.17) is 0 Å². The van der Waals surface area contributed by atoms with E-state index in [1.165, 1.54) is 0 Å². The van der Waals surface area contributed by atoms with E-state index in [1.54, 1.807) is 30.4 Å². The molecule has 1 saturated heterocycles. The number of thiophene rings is 1. The molecule has 152 valence electrons. The number of carbonyl (C=O) groups is 3. The van der Waals surface area contributed by atoms with Crippen molar-refractivity contribution in [3.05, 3.63) is 77.0 Å². The van der Waals surface area contributed by atoms with Crippen molar-refractivity contribution in [1.82, 2.24) is 5.32 Å². The van der Waals surface area contributed by atoms with E-state index in [9.17, 15) is 14.4 Å². The van der Waals surface area contributed by atoms with Crippen molar-refractivity contribution >= 4 is 34.6 Å². The van der Waals surface area contributed by atoms with Gasteiger partial charge < -0.3 is 10.6 Å². The summed E-state index contributed by atoms with van der Waals surface area (Å²) in [6, 6.07) is 19.1. The predicted molar refractivity (Wildman–Crippen MR) is 118 cm³/mol. The molecule has 1 fully saturated rings. The highest BCUT2D eigenvalue weighted by Gasteiger charge is 2.52. The van der Waals surface area contributed by atoms with Crippen LogP contribution in [0, 0.1) is 5.92 Å². The quantitative estimate of drug-likeness (QED) is 0.593. The van der Waals surface area contributed by atoms with Crippen LogP contribution in [0.4, 0.5) is 5.69 Å². The van der Waals surface area contributed by atoms with Gasteiger partial charge in [-0.1, -0.05) is 42.5 Å². The van der Waals surface area contributed by atoms with Crippen molar-refractivity contribution in [2.24, 2.45) is 5.92 Å². The first kappa shape index (κ1) is 20.0. The maximum atomic E-state index is 13.0. The lowest BCUT2D eigenvalue weighted by atomic mass is 9.87. The molecule has 6 heteroatoms. The first-order valence-electron chi connectivity index (χ1n) is 9.80. The van der Waals surface area contributed by atoms with Crippen LogP contribution >= 0.6 is 11.3 Å². The molecule has 1 aromatic heterocycles. The van der Waals surface area contributed by atoms with Crippen molar-refractivity contribution < 1.29 is 14.4 Å². The molecule has 2 N–H and O–H groups in total. The van der Waals surface area contributed by atoms with Gasteiger partial charge in [-0.3, -0.25) is 14.4 Å². The zero-order chi connectivity index (χ0) is 21.1. The second-order valence-corrected chi connectivity index (χ2v) is 8.46. The van der Waals surface area contributed by atoms with E-state index in [0.717, 1.165) is 16.7 Å². The van der Waals surface area contributed by atoms with Gasteiger partial charge in [0, 0.05) is 5.69 Å². The van der Waals surface area contributed by atoms with E-state index in [1.807, 2.05) is 59.3 Å². The first-order valence-corrected chi connectivity index (χ1v) is 10.7. The van der Waals surface area contributed by atoms with E-state index < -0.39 is 23.3 Å². The standard InChI is InChI=1S/C24H22N2O3S/c1-24(13-11-16-5-3-2-4-6-16)21(27)20(23(29)26-24)22(28)25-19-9-7-17(8-10-19)18-12-14-30-15-18/h2-10,12,14-15,20H,11,13H2,1H3,(H,25,28)(H,26,29). The average molecular weight is 419 g/mol. The van der Waals surface area contributed by atoms with Crippen molar-refractivity contribution in [1.29, 1.82) is 0 Å². The van der Waals surface area contributed by atoms with Crippen molar-refractivity contribution in [3.8, 4) is 11.1 Å². The number of ketones is 1. The number of aryl methyl sites for hydroxylation is 1. The average Bonchev–Trinajstić information content (AvgIpc) is 3.35. The van der Waals surface area contributed by atoms with Crippen LogP contribution in [-0.2, 0) is 20.8 Å². The topological polar surface area (TPSA) is 75.3 Å². The molecular weight excluding hydrogens is 396 g/mol. The fraction of sp³-hybridized carbons (Fsp3) is 0.208. The molecule has 1 aliphatic rings. The number of Topliss-reactive ketones (excluding diaryl/α,β-unsaturated/α-hetero) is 1. The van der Waals surface area contributed by atoms with Crippen molar-refractivity contribution in [2.45, 2.75) is 25.3 Å². The number of hydrogen-bond acceptors (Lipinski definition) is 4. The minimum Gasteiger partial charge on any atom is -0.343 e. The minimum absolute atomic E-state index is 0.379. The Balaban J connectivity index is 1.42. The highest BCUT2D eigenvalue weighted by molar-refractivity contribution is 7.08. The zero-order valence-electron chi connectivity index (χ0n) is 16.6. The number of anilines is 1. The lowest BCUT2D eigenvalue weighted by Crippen LogP contribution is -2.44. The van der Waals surface area contributed by atoms with Gasteiger partial charge in [-0.2, -0.15) is 11.3 Å². The highest BCUT2D eigenvalue weighted by atomic mass is 32.1. The number of carbonyl (C=O) groups excluding carboxylic acids is 3. The Morgan fingerprint density at radius 1 is 1.03 bits per heavy atom. The highest BCUT2D eigenvalue weighted by Crippen LogP contribution is 2.28. The van der Waals surface area contributed by atoms with Gasteiger partial charge in [-0.05, 0) is 65.4 Å². The molecule has 5 nitrogen and oxygen atoms in total. The summed E-state index contributed by atoms with van der Waals surface area (Å²) in [5.41, 5.74) is 2.74. The lowest BCUT2D eigenvalue weighted by molar-refractivity contribution is -0.135. The summed E-state index contributed by atoms with van der Waals surface area (Å²) < 4.78 is 0. The van der Waals surface area contributed by atoms with Gasteiger partial charge in [0.1, 0.15) is 0 Å². The minimum atomic E-state index is -1.33. The number of hydrogen-bond donors (Lipinski definition) is 2. The van der Waals surface area contributed by atoms with Crippen LogP contribution in [-0.4, -0.2) is 23.1 Å². The van der Waals surface area contributed by atoms with Crippen molar-refractivity contribution in [2.75, 3.05) is 5.32 Å². The molecule has 0 spiro atoms. The molecule has 0 aliphatic carbocycles. The van der Waals surface area contributed by atoms with Crippen LogP contribution in [0.3, 0.4) is 0 Å². The third-order valence-electron chi connectivity index (χ3n) is 5.49. The summed E-state index contributed by atoms with van der Waals surface area (Å²) in [4.78, 5) is 38.1. The normalized spacial score (nSPS) is 20.8. The van der Waals surface area contributed by atoms with E-state index in [-0.39, 0.29) is 5.78 Å². The Hall–Kier alpha value is -3.25. The number of benzene rings is 2. The Morgan fingerprint density at radius 2 is 1.77 bits per heavy atom. The number of amides is 2. The third-order valence-corrected chi connectivity index (χ3v) is 6.18. The predicted octanol–water partition coefficient (Wildman–Crippen LogP) is 4.06. The summed E-state index contributed by atoms with van der Waals surface area (Å²) in [7, 11) is 0. The third kappa shape index (κ3) is 4.04. The van der Waals surface area contributed by atoms with E-state index in [0.29, 0.717) is 18.5 Å². The van der Waals surface area contributed by atoms with Gasteiger partial charge in [-0.15, -0.1) is 0 Å². The maximum absolute atomic E-state index is 13.0. The van der Waals surface area contributed by atoms with Gasteiger partial charge in [0.05, 0.1) is 5.54 Å². The Kier molecular flexibility index (Phi) is 5.50. The summed E-state index contributed by atoms with van der Waals surface area (Å²) in [5, 5.41) is 9.51. The summed E-state index contributed by atoms with van der Waals surface area (Å²) in [6.45, 7) is 1.69. The molecule has 2 unspecified atom stereocenters. The van der Waals surface area contributed by atoms with Crippen LogP contribution in [0.1, 0.15) is 18.9 Å². The van der Waals surface area contributed by atoms with Gasteiger partial charge in [-0.25, -0.2) is 0 Å². The van der Waals surface area contributed by atoms with Gasteiger partial charge in [0.2, 0.25) is 11.8 Å². The van der Waals surface area contributed by atoms with E-state index >= 15 is 0 Å². The van der Waals surface area contributed by atoms with Gasteiger partial charge >= 0.3 is 0 Å². The molecule has 0 bridgehead atoms. The zero-order valence-corrected chi connectivity index (χ0v) is 17.4. The SMILES string of the molecule is CC1(CCc2ccccc2)NC(=O)C(C(=O)Nc2ccc(-c3ccsc3)cc2)C1=O. The second kappa shape index (κ2) is 8.24. The smallest absolute Gasteiger partial charge is 0.244 e. The molecule has 2 amide bonds. The Bertz CT molecular complexity index is 1060. The number of nitrogens with one attached hydrogen (secondary N) is 2. The monoisotopic (exact) mass is 418 g/mol. The molecule has 0 radical (unpaired) electrons. The second-order valence-electron chi connectivity index (χ2n) is 7.68.